The van der Waals surface area contributed by atoms with Crippen LogP contribution in [0, 0.1) is 6.92 Å². The second-order valence-corrected chi connectivity index (χ2v) is 12.0. The molecule has 0 aliphatic carbocycles. The maximum Gasteiger partial charge on any atom is 0.418 e. The van der Waals surface area contributed by atoms with Gasteiger partial charge in [-0.3, -0.25) is 23.7 Å². The number of pyridine rings is 2. The Hall–Kier alpha value is -5.33. The molecule has 0 bridgehead atoms. The van der Waals surface area contributed by atoms with Gasteiger partial charge >= 0.3 is 11.9 Å². The van der Waals surface area contributed by atoms with E-state index >= 15 is 0 Å². The van der Waals surface area contributed by atoms with Crippen LogP contribution in [0.5, 0.6) is 0 Å². The second-order valence-electron chi connectivity index (χ2n) is 10.6. The Kier molecular flexibility index (Phi) is 7.70. The third kappa shape index (κ3) is 5.75. The summed E-state index contributed by atoms with van der Waals surface area (Å²) in [7, 11) is -2.49. The first-order valence-electron chi connectivity index (χ1n) is 13.9. The molecule has 46 heavy (non-hydrogen) atoms. The Morgan fingerprint density at radius 3 is 2.17 bits per heavy atom. The van der Waals surface area contributed by atoms with Crippen LogP contribution >= 0.6 is 0 Å². The van der Waals surface area contributed by atoms with Gasteiger partial charge in [0.05, 0.1) is 44.4 Å². The number of rotatable bonds is 3. The lowest BCUT2D eigenvalue weighted by Crippen LogP contribution is -2.23. The molecule has 0 aliphatic heterocycles. The second kappa shape index (κ2) is 11.5. The van der Waals surface area contributed by atoms with Crippen molar-refractivity contribution in [3.63, 3.8) is 0 Å². The highest BCUT2D eigenvalue weighted by atomic mass is 32.2. The van der Waals surface area contributed by atoms with E-state index in [0.29, 0.717) is 21.9 Å². The largest absolute Gasteiger partial charge is 0.418 e. The van der Waals surface area contributed by atoms with E-state index in [0.717, 1.165) is 38.2 Å². The zero-order valence-electron chi connectivity index (χ0n) is 24.4. The first-order valence-corrected chi connectivity index (χ1v) is 15.3. The Morgan fingerprint density at radius 1 is 0.783 bits per heavy atom. The van der Waals surface area contributed by atoms with Crippen LogP contribution in [-0.2, 0) is 23.3 Å². The summed E-state index contributed by atoms with van der Waals surface area (Å²) < 4.78 is 73.6. The van der Waals surface area contributed by atoms with Crippen molar-refractivity contribution in [2.75, 3.05) is 0 Å². The van der Waals surface area contributed by atoms with Crippen LogP contribution in [-0.4, -0.2) is 32.1 Å². The van der Waals surface area contributed by atoms with Crippen LogP contribution in [0.4, 0.5) is 13.2 Å². The van der Waals surface area contributed by atoms with Gasteiger partial charge in [-0.15, -0.1) is 0 Å². The molecular formula is C34H25F3N4O4S. The fourth-order valence-corrected chi connectivity index (χ4v) is 5.73. The Balaban J connectivity index is 0.000000288. The van der Waals surface area contributed by atoms with Gasteiger partial charge in [-0.05, 0) is 61.0 Å². The van der Waals surface area contributed by atoms with E-state index in [4.69, 9.17) is 4.55 Å². The van der Waals surface area contributed by atoms with Gasteiger partial charge in [0.25, 0.3) is 10.1 Å². The lowest BCUT2D eigenvalue weighted by molar-refractivity contribution is -0.137. The Morgan fingerprint density at radius 2 is 1.46 bits per heavy atom. The smallest absolute Gasteiger partial charge is 0.293 e. The van der Waals surface area contributed by atoms with Crippen molar-refractivity contribution in [2.24, 2.45) is 7.05 Å². The van der Waals surface area contributed by atoms with Crippen molar-refractivity contribution in [1.29, 1.82) is 0 Å². The molecule has 7 aromatic rings. The SMILES string of the molecule is Cc1ccc(S(=O)(=O)O)cc1.Cn1c(=O)n(-c2ccccc2C(F)(F)F)c2c3cc(-c4cnc5ccccc5c4)ccc3ncc21. The number of aryl methyl sites for hydroxylation is 2. The topological polar surface area (TPSA) is 107 Å². The number of fused-ring (bicyclic) bond motifs is 4. The average molecular weight is 643 g/mol. The first-order chi connectivity index (χ1) is 21.8. The summed E-state index contributed by atoms with van der Waals surface area (Å²) >= 11 is 0. The molecule has 0 aliphatic rings. The number of halogens is 3. The van der Waals surface area contributed by atoms with Gasteiger partial charge in [-0.1, -0.05) is 54.1 Å². The molecule has 4 aromatic carbocycles. The van der Waals surface area contributed by atoms with Crippen LogP contribution < -0.4 is 5.69 Å². The molecule has 12 heteroatoms. The van der Waals surface area contributed by atoms with Crippen LogP contribution in [0.2, 0.25) is 0 Å². The maximum atomic E-state index is 13.9. The molecule has 0 radical (unpaired) electrons. The summed E-state index contributed by atoms with van der Waals surface area (Å²) in [6.07, 6.45) is -1.35. The van der Waals surface area contributed by atoms with E-state index in [1.807, 2.05) is 49.4 Å². The van der Waals surface area contributed by atoms with Crippen molar-refractivity contribution in [3.8, 4) is 16.8 Å². The number of benzene rings is 4. The van der Waals surface area contributed by atoms with Crippen molar-refractivity contribution < 1.29 is 26.1 Å². The van der Waals surface area contributed by atoms with Crippen LogP contribution in [0.25, 0.3) is 49.7 Å². The quantitative estimate of drug-likeness (QED) is 0.202. The highest BCUT2D eigenvalue weighted by Crippen LogP contribution is 2.36. The van der Waals surface area contributed by atoms with Crippen LogP contribution in [0.1, 0.15) is 11.1 Å². The predicted molar refractivity (Wildman–Crippen MR) is 171 cm³/mol. The van der Waals surface area contributed by atoms with Gasteiger partial charge in [0.2, 0.25) is 0 Å². The van der Waals surface area contributed by atoms with Gasteiger partial charge in [0.1, 0.15) is 0 Å². The summed E-state index contributed by atoms with van der Waals surface area (Å²) in [6, 6.07) is 26.4. The third-order valence-electron chi connectivity index (χ3n) is 7.58. The van der Waals surface area contributed by atoms with E-state index in [1.54, 1.807) is 24.4 Å². The molecule has 8 nitrogen and oxygen atoms in total. The Labute approximate surface area is 260 Å². The predicted octanol–water partition coefficient (Wildman–Crippen LogP) is 7.35. The van der Waals surface area contributed by atoms with Crippen molar-refractivity contribution in [2.45, 2.75) is 18.0 Å². The highest BCUT2D eigenvalue weighted by Gasteiger charge is 2.35. The number of imidazole rings is 1. The van der Waals surface area contributed by atoms with Crippen LogP contribution in [0.3, 0.4) is 0 Å². The lowest BCUT2D eigenvalue weighted by Gasteiger charge is -2.14. The number of nitrogens with zero attached hydrogens (tertiary/aromatic N) is 4. The maximum absolute atomic E-state index is 13.9. The first kappa shape index (κ1) is 30.7. The van der Waals surface area contributed by atoms with Crippen molar-refractivity contribution in [3.05, 3.63) is 131 Å². The van der Waals surface area contributed by atoms with Crippen LogP contribution in [0.15, 0.2) is 119 Å². The van der Waals surface area contributed by atoms with Gasteiger partial charge < -0.3 is 0 Å². The number of hydrogen-bond acceptors (Lipinski definition) is 5. The number of aromatic nitrogens is 4. The summed E-state index contributed by atoms with van der Waals surface area (Å²) in [6.45, 7) is 1.84. The van der Waals surface area contributed by atoms with Gasteiger partial charge in [0, 0.05) is 29.6 Å². The molecule has 0 fully saturated rings. The molecule has 0 unspecified atom stereocenters. The molecule has 0 spiro atoms. The van der Waals surface area contributed by atoms with E-state index in [-0.39, 0.29) is 10.6 Å². The Bertz CT molecular complexity index is 2440. The minimum Gasteiger partial charge on any atom is -0.293 e. The zero-order valence-corrected chi connectivity index (χ0v) is 25.2. The number of hydrogen-bond donors (Lipinski definition) is 1. The van der Waals surface area contributed by atoms with Gasteiger partial charge in [0.15, 0.2) is 0 Å². The van der Waals surface area contributed by atoms with Gasteiger partial charge in [-0.2, -0.15) is 21.6 Å². The minimum absolute atomic E-state index is 0.0666. The third-order valence-corrected chi connectivity index (χ3v) is 8.44. The minimum atomic E-state index is -4.62. The van der Waals surface area contributed by atoms with Crippen molar-refractivity contribution in [1.82, 2.24) is 19.1 Å². The molecule has 1 N–H and O–H groups in total. The molecular weight excluding hydrogens is 617 g/mol. The molecule has 0 saturated heterocycles. The fraction of sp³-hybridized carbons (Fsp3) is 0.0882. The van der Waals surface area contributed by atoms with Gasteiger partial charge in [-0.25, -0.2) is 4.79 Å². The summed E-state index contributed by atoms with van der Waals surface area (Å²) in [5.74, 6) is 0. The van der Waals surface area contributed by atoms with Crippen molar-refractivity contribution >= 4 is 43.0 Å². The average Bonchev–Trinajstić information content (AvgIpc) is 3.29. The molecule has 3 aromatic heterocycles. The summed E-state index contributed by atoms with van der Waals surface area (Å²) in [5.41, 5.74) is 3.18. The molecule has 3 heterocycles. The van der Waals surface area contributed by atoms with E-state index in [1.165, 1.54) is 48.1 Å². The summed E-state index contributed by atoms with van der Waals surface area (Å²) in [4.78, 5) is 22.2. The molecule has 232 valence electrons. The standard InChI is InChI=1S/C27H17F3N4O.C7H8O3S/c1-33-24-15-32-22-11-10-16(18-12-17-6-2-4-8-21(17)31-14-18)13-19(22)25(24)34(26(33)35)23-9-5-3-7-20(23)27(28,29)30;1-6-2-4-7(5-3-6)11(8,9)10/h2-15H,1H3;2-5H,1H3,(H,8,9,10). The lowest BCUT2D eigenvalue weighted by atomic mass is 10.0. The fourth-order valence-electron chi connectivity index (χ4n) is 5.25. The molecule has 7 rings (SSSR count). The van der Waals surface area contributed by atoms with E-state index < -0.39 is 27.5 Å². The number of para-hydroxylation sites is 2. The zero-order chi connectivity index (χ0) is 32.8. The highest BCUT2D eigenvalue weighted by molar-refractivity contribution is 7.85. The molecule has 0 amide bonds. The number of alkyl halides is 3. The van der Waals surface area contributed by atoms with E-state index in [2.05, 4.69) is 9.97 Å². The molecule has 0 saturated carbocycles. The van der Waals surface area contributed by atoms with E-state index in [9.17, 15) is 26.4 Å². The summed E-state index contributed by atoms with van der Waals surface area (Å²) in [5, 5.41) is 1.54. The monoisotopic (exact) mass is 642 g/mol. The molecule has 0 atom stereocenters. The normalized spacial score (nSPS) is 12.0.